The van der Waals surface area contributed by atoms with E-state index in [-0.39, 0.29) is 18.6 Å². The number of likely N-dealkylation sites (tertiary alicyclic amines) is 1. The predicted molar refractivity (Wildman–Crippen MR) is 87.9 cm³/mol. The first-order chi connectivity index (χ1) is 11.4. The second kappa shape index (κ2) is 6.81. The molecule has 1 aromatic rings. The summed E-state index contributed by atoms with van der Waals surface area (Å²) in [4.78, 5) is 14.6. The van der Waals surface area contributed by atoms with Crippen molar-refractivity contribution in [1.82, 2.24) is 19.4 Å². The summed E-state index contributed by atoms with van der Waals surface area (Å²) in [6, 6.07) is -0.643. The second-order valence-electron chi connectivity index (χ2n) is 6.57. The Morgan fingerprint density at radius 3 is 2.62 bits per heavy atom. The number of aromatic nitrogens is 2. The summed E-state index contributed by atoms with van der Waals surface area (Å²) in [5.74, 6) is 0.291. The Bertz CT molecular complexity index is 668. The molecule has 9 heteroatoms. The van der Waals surface area contributed by atoms with Gasteiger partial charge in [-0.1, -0.05) is 0 Å². The molecule has 0 unspecified atom stereocenters. The van der Waals surface area contributed by atoms with Crippen LogP contribution in [0.3, 0.4) is 0 Å². The van der Waals surface area contributed by atoms with Gasteiger partial charge >= 0.3 is 0 Å². The van der Waals surface area contributed by atoms with Crippen molar-refractivity contribution in [2.75, 3.05) is 33.0 Å². The fourth-order valence-electron chi connectivity index (χ4n) is 3.66. The third kappa shape index (κ3) is 3.47. The molecule has 1 aromatic heterocycles. The molecule has 134 valence electrons. The number of sulfonamides is 1. The van der Waals surface area contributed by atoms with E-state index in [9.17, 15) is 13.2 Å². The lowest BCUT2D eigenvalue weighted by atomic mass is 9.91. The average Bonchev–Trinajstić information content (AvgIpc) is 3.23. The van der Waals surface area contributed by atoms with Gasteiger partial charge in [0.05, 0.1) is 18.6 Å². The van der Waals surface area contributed by atoms with E-state index in [1.165, 1.54) is 9.87 Å². The molecule has 0 aromatic carbocycles. The number of amides is 1. The lowest BCUT2D eigenvalue weighted by Crippen LogP contribution is -2.49. The monoisotopic (exact) mass is 356 g/mol. The van der Waals surface area contributed by atoms with Gasteiger partial charge in [0.25, 0.3) is 0 Å². The Morgan fingerprint density at radius 1 is 1.38 bits per heavy atom. The lowest BCUT2D eigenvalue weighted by Gasteiger charge is -2.34. The second-order valence-corrected chi connectivity index (χ2v) is 8.51. The van der Waals surface area contributed by atoms with Crippen LogP contribution in [0.1, 0.15) is 30.7 Å². The molecule has 0 bridgehead atoms. The molecule has 2 atom stereocenters. The average molecular weight is 356 g/mol. The van der Waals surface area contributed by atoms with Gasteiger partial charge in [0.1, 0.15) is 6.04 Å². The fourth-order valence-corrected chi connectivity index (χ4v) is 4.73. The van der Waals surface area contributed by atoms with E-state index in [0.29, 0.717) is 25.4 Å². The van der Waals surface area contributed by atoms with Crippen molar-refractivity contribution < 1.29 is 17.9 Å². The molecule has 3 heterocycles. The number of H-pyrrole nitrogens is 1. The maximum Gasteiger partial charge on any atom is 0.241 e. The molecular weight excluding hydrogens is 332 g/mol. The van der Waals surface area contributed by atoms with E-state index < -0.39 is 16.1 Å². The van der Waals surface area contributed by atoms with Gasteiger partial charge in [0.15, 0.2) is 0 Å². The normalized spacial score (nSPS) is 26.8. The molecule has 2 aliphatic rings. The molecule has 0 radical (unpaired) electrons. The minimum atomic E-state index is -3.43. The molecule has 3 rings (SSSR count). The van der Waals surface area contributed by atoms with Gasteiger partial charge in [-0.05, 0) is 24.3 Å². The zero-order valence-corrected chi connectivity index (χ0v) is 14.8. The Morgan fingerprint density at radius 2 is 2.08 bits per heavy atom. The minimum absolute atomic E-state index is 0.106. The zero-order chi connectivity index (χ0) is 17.3. The van der Waals surface area contributed by atoms with Crippen molar-refractivity contribution in [1.29, 1.82) is 0 Å². The Hall–Kier alpha value is -1.45. The zero-order valence-electron chi connectivity index (χ0n) is 14.0. The molecule has 0 aliphatic carbocycles. The number of nitrogens with one attached hydrogen (secondary N) is 1. The summed E-state index contributed by atoms with van der Waals surface area (Å²) in [6.45, 7) is 1.53. The van der Waals surface area contributed by atoms with Crippen LogP contribution in [0.15, 0.2) is 12.4 Å². The van der Waals surface area contributed by atoms with Gasteiger partial charge in [-0.25, -0.2) is 8.42 Å². The minimum Gasteiger partial charge on any atom is -0.380 e. The molecule has 0 spiro atoms. The van der Waals surface area contributed by atoms with Gasteiger partial charge in [-0.15, -0.1) is 0 Å². The molecule has 2 aliphatic heterocycles. The highest BCUT2D eigenvalue weighted by Gasteiger charge is 2.43. The summed E-state index contributed by atoms with van der Waals surface area (Å²) in [7, 11) is -1.88. The van der Waals surface area contributed by atoms with Crippen molar-refractivity contribution in [3.63, 3.8) is 0 Å². The molecule has 2 saturated heterocycles. The number of rotatable bonds is 4. The van der Waals surface area contributed by atoms with Crippen LogP contribution >= 0.6 is 0 Å². The Balaban J connectivity index is 1.66. The number of methoxy groups -OCH3 is 1. The van der Waals surface area contributed by atoms with E-state index in [1.807, 2.05) is 12.4 Å². The van der Waals surface area contributed by atoms with Crippen LogP contribution in [0.4, 0.5) is 0 Å². The highest BCUT2D eigenvalue weighted by Crippen LogP contribution is 2.30. The number of piperidine rings is 1. The number of nitrogens with zero attached hydrogens (tertiary/aromatic N) is 3. The van der Waals surface area contributed by atoms with Crippen molar-refractivity contribution in [3.8, 4) is 0 Å². The SMILES string of the molecule is CO[C@H]1C[C@H](C(=O)N2CCC(c3cn[nH]c3)CC2)N(S(C)(=O)=O)C1. The van der Waals surface area contributed by atoms with Crippen LogP contribution in [-0.2, 0) is 19.6 Å². The predicted octanol–water partition coefficient (Wildman–Crippen LogP) is 0.165. The van der Waals surface area contributed by atoms with E-state index in [2.05, 4.69) is 10.2 Å². The van der Waals surface area contributed by atoms with Gasteiger partial charge in [-0.2, -0.15) is 9.40 Å². The van der Waals surface area contributed by atoms with E-state index in [0.717, 1.165) is 19.1 Å². The summed E-state index contributed by atoms with van der Waals surface area (Å²) in [5, 5.41) is 6.80. The van der Waals surface area contributed by atoms with Crippen LogP contribution in [0.5, 0.6) is 0 Å². The summed E-state index contributed by atoms with van der Waals surface area (Å²) < 4.78 is 30.5. The van der Waals surface area contributed by atoms with Gasteiger partial charge < -0.3 is 9.64 Å². The molecule has 8 nitrogen and oxygen atoms in total. The van der Waals surface area contributed by atoms with Crippen LogP contribution in [0.2, 0.25) is 0 Å². The number of carbonyl (C=O) groups is 1. The maximum atomic E-state index is 12.9. The van der Waals surface area contributed by atoms with Gasteiger partial charge in [-0.3, -0.25) is 9.89 Å². The molecular formula is C15H24N4O4S. The first-order valence-corrected chi connectivity index (χ1v) is 10.0. The standard InChI is InChI=1S/C15H24N4O4S/c1-23-13-7-14(19(10-13)24(2,21)22)15(20)18-5-3-11(4-6-18)12-8-16-17-9-12/h8-9,11,13-14H,3-7,10H2,1-2H3,(H,16,17)/t13-,14+/m0/s1. The first-order valence-electron chi connectivity index (χ1n) is 8.17. The molecule has 2 fully saturated rings. The van der Waals surface area contributed by atoms with Crippen LogP contribution in [-0.4, -0.2) is 78.9 Å². The van der Waals surface area contributed by atoms with Gasteiger partial charge in [0, 0.05) is 39.4 Å². The van der Waals surface area contributed by atoms with E-state index >= 15 is 0 Å². The third-order valence-corrected chi connectivity index (χ3v) is 6.31. The first kappa shape index (κ1) is 17.4. The number of aromatic amines is 1. The van der Waals surface area contributed by atoms with Crippen LogP contribution < -0.4 is 0 Å². The summed E-state index contributed by atoms with van der Waals surface area (Å²) >= 11 is 0. The number of hydrogen-bond donors (Lipinski definition) is 1. The Kier molecular flexibility index (Phi) is 4.93. The highest BCUT2D eigenvalue weighted by atomic mass is 32.2. The highest BCUT2D eigenvalue weighted by molar-refractivity contribution is 7.88. The molecule has 24 heavy (non-hydrogen) atoms. The quantitative estimate of drug-likeness (QED) is 0.829. The largest absolute Gasteiger partial charge is 0.380 e. The molecule has 0 saturated carbocycles. The molecule has 1 amide bonds. The number of ether oxygens (including phenoxy) is 1. The number of hydrogen-bond acceptors (Lipinski definition) is 5. The Labute approximate surface area is 142 Å². The summed E-state index contributed by atoms with van der Waals surface area (Å²) in [5.41, 5.74) is 1.17. The topological polar surface area (TPSA) is 95.6 Å². The lowest BCUT2D eigenvalue weighted by molar-refractivity contribution is -0.135. The van der Waals surface area contributed by atoms with E-state index in [1.54, 1.807) is 12.0 Å². The van der Waals surface area contributed by atoms with Crippen LogP contribution in [0.25, 0.3) is 0 Å². The van der Waals surface area contributed by atoms with Crippen molar-refractivity contribution in [3.05, 3.63) is 18.0 Å². The summed E-state index contributed by atoms with van der Waals surface area (Å²) in [6.07, 6.45) is 6.80. The van der Waals surface area contributed by atoms with Crippen molar-refractivity contribution >= 4 is 15.9 Å². The van der Waals surface area contributed by atoms with Crippen molar-refractivity contribution in [2.24, 2.45) is 0 Å². The molecule has 1 N–H and O–H groups in total. The van der Waals surface area contributed by atoms with Crippen molar-refractivity contribution in [2.45, 2.75) is 37.3 Å². The smallest absolute Gasteiger partial charge is 0.241 e. The fraction of sp³-hybridized carbons (Fsp3) is 0.733. The van der Waals surface area contributed by atoms with Crippen LogP contribution in [0, 0.1) is 0 Å². The van der Waals surface area contributed by atoms with E-state index in [4.69, 9.17) is 4.74 Å². The third-order valence-electron chi connectivity index (χ3n) is 5.06. The number of carbonyl (C=O) groups excluding carboxylic acids is 1. The van der Waals surface area contributed by atoms with Gasteiger partial charge in [0.2, 0.25) is 15.9 Å². The maximum absolute atomic E-state index is 12.9.